The Morgan fingerprint density at radius 3 is 2.28 bits per heavy atom. The van der Waals surface area contributed by atoms with Crippen molar-refractivity contribution >= 4 is 17.6 Å². The number of methoxy groups -OCH3 is 1. The average molecular weight is 661 g/mol. The van der Waals surface area contributed by atoms with Crippen molar-refractivity contribution in [3.63, 3.8) is 0 Å². The summed E-state index contributed by atoms with van der Waals surface area (Å²) in [5, 5.41) is 0. The Kier molecular flexibility index (Phi) is 8.93. The minimum atomic E-state index is -5.03. The van der Waals surface area contributed by atoms with Crippen molar-refractivity contribution in [2.45, 2.75) is 71.5 Å². The first-order valence-corrected chi connectivity index (χ1v) is 15.0. The number of carbonyl (C=O) groups excluding carboxylic acids is 2. The summed E-state index contributed by atoms with van der Waals surface area (Å²) < 4.78 is 91.7. The topological polar surface area (TPSA) is 68.7 Å². The summed E-state index contributed by atoms with van der Waals surface area (Å²) in [6, 6.07) is 9.41. The molecule has 2 aromatic carbocycles. The van der Waals surface area contributed by atoms with Crippen molar-refractivity contribution in [3.05, 3.63) is 93.7 Å². The van der Waals surface area contributed by atoms with Crippen molar-refractivity contribution in [1.29, 1.82) is 0 Å². The van der Waals surface area contributed by atoms with Gasteiger partial charge in [-0.25, -0.2) is 9.59 Å². The number of cyclic esters (lactones) is 1. The van der Waals surface area contributed by atoms with E-state index >= 15 is 0 Å². The molecule has 5 rings (SSSR count). The molecular weight excluding hydrogens is 626 g/mol. The predicted octanol–water partition coefficient (Wildman–Crippen LogP) is 9.43. The van der Waals surface area contributed by atoms with E-state index in [-0.39, 0.29) is 23.6 Å². The number of pyridine rings is 1. The van der Waals surface area contributed by atoms with E-state index in [1.165, 1.54) is 12.0 Å². The number of hydrogen-bond donors (Lipinski definition) is 0. The molecule has 47 heavy (non-hydrogen) atoms. The number of amides is 1. The molecule has 1 saturated heterocycles. The van der Waals surface area contributed by atoms with Crippen molar-refractivity contribution < 1.29 is 45.4 Å². The van der Waals surface area contributed by atoms with Crippen LogP contribution in [0.1, 0.15) is 84.3 Å². The molecule has 0 bridgehead atoms. The fraction of sp³-hybridized carbons (Fsp3) is 0.400. The minimum absolute atomic E-state index is 0.0574. The lowest BCUT2D eigenvalue weighted by Gasteiger charge is -2.35. The monoisotopic (exact) mass is 660 g/mol. The van der Waals surface area contributed by atoms with Gasteiger partial charge in [-0.1, -0.05) is 19.9 Å². The summed E-state index contributed by atoms with van der Waals surface area (Å²) >= 11 is 0. The van der Waals surface area contributed by atoms with Crippen LogP contribution in [-0.2, 0) is 21.8 Å². The molecule has 12 heteroatoms. The van der Waals surface area contributed by atoms with E-state index < -0.39 is 47.7 Å². The number of alkyl halides is 6. The fourth-order valence-electron chi connectivity index (χ4n) is 6.38. The zero-order valence-corrected chi connectivity index (χ0v) is 26.5. The Balaban J connectivity index is 1.49. The molecule has 0 radical (unpaired) electrons. The van der Waals surface area contributed by atoms with Crippen LogP contribution in [0, 0.1) is 12.3 Å². The lowest BCUT2D eigenvalue weighted by Crippen LogP contribution is -2.35. The number of aromatic nitrogens is 1. The molecule has 250 valence electrons. The molecule has 0 N–H and O–H groups in total. The molecule has 1 aliphatic carbocycles. The number of nitrogens with zero attached hydrogens (tertiary/aromatic N) is 2. The van der Waals surface area contributed by atoms with Crippen LogP contribution in [0.25, 0.3) is 16.8 Å². The van der Waals surface area contributed by atoms with Gasteiger partial charge in [0, 0.05) is 18.3 Å². The highest BCUT2D eigenvalue weighted by Gasteiger charge is 2.44. The summed E-state index contributed by atoms with van der Waals surface area (Å²) in [5.74, 6) is -0.452. The molecule has 2 atom stereocenters. The maximum absolute atomic E-state index is 13.6. The molecule has 0 saturated carbocycles. The number of aryl methyl sites for hydroxylation is 1. The number of esters is 1. The molecule has 2 aliphatic rings. The average Bonchev–Trinajstić information content (AvgIpc) is 3.27. The zero-order chi connectivity index (χ0) is 34.5. The Morgan fingerprint density at radius 2 is 1.68 bits per heavy atom. The number of allylic oxidation sites excluding steroid dienone is 1. The third-order valence-electron chi connectivity index (χ3n) is 8.89. The third kappa shape index (κ3) is 7.16. The second kappa shape index (κ2) is 12.4. The van der Waals surface area contributed by atoms with Gasteiger partial charge in [0.25, 0.3) is 0 Å². The predicted molar refractivity (Wildman–Crippen MR) is 162 cm³/mol. The maximum atomic E-state index is 13.6. The van der Waals surface area contributed by atoms with Crippen LogP contribution in [0.2, 0.25) is 0 Å². The van der Waals surface area contributed by atoms with Gasteiger partial charge in [0.1, 0.15) is 6.10 Å². The van der Waals surface area contributed by atoms with E-state index in [0.717, 1.165) is 34.3 Å². The first-order valence-electron chi connectivity index (χ1n) is 15.0. The van der Waals surface area contributed by atoms with E-state index in [4.69, 9.17) is 9.47 Å². The summed E-state index contributed by atoms with van der Waals surface area (Å²) in [4.78, 5) is 31.1. The highest BCUT2D eigenvalue weighted by atomic mass is 19.4. The molecule has 1 amide bonds. The van der Waals surface area contributed by atoms with Gasteiger partial charge in [-0.05, 0) is 109 Å². The van der Waals surface area contributed by atoms with Gasteiger partial charge in [-0.2, -0.15) is 26.3 Å². The SMILES string of the molecule is COC(=O)c1ccc(-c2cc(C3=C(CN4C(=O)O[C@H](c5cc(C(F)(F)F)cc(C(F)(F)F)c5)[C@@H]4C)CC(C)(C)CC3)ccn2)c(C)c1. The van der Waals surface area contributed by atoms with Crippen LogP contribution in [0.5, 0.6) is 0 Å². The van der Waals surface area contributed by atoms with Crippen molar-refractivity contribution in [2.24, 2.45) is 5.41 Å². The summed E-state index contributed by atoms with van der Waals surface area (Å²) in [6.45, 7) is 7.71. The van der Waals surface area contributed by atoms with Crippen LogP contribution in [0.15, 0.2) is 60.3 Å². The van der Waals surface area contributed by atoms with E-state index in [1.54, 1.807) is 31.3 Å². The summed E-state index contributed by atoms with van der Waals surface area (Å²) in [6.07, 6.45) is -8.40. The normalized spacial score (nSPS) is 20.0. The van der Waals surface area contributed by atoms with Gasteiger partial charge in [-0.15, -0.1) is 0 Å². The van der Waals surface area contributed by atoms with Crippen LogP contribution in [-0.4, -0.2) is 41.6 Å². The molecule has 3 aromatic rings. The number of ether oxygens (including phenoxy) is 2. The Morgan fingerprint density at radius 1 is 1.02 bits per heavy atom. The maximum Gasteiger partial charge on any atom is 0.416 e. The van der Waals surface area contributed by atoms with E-state index in [1.807, 2.05) is 19.1 Å². The number of halogens is 6. The van der Waals surface area contributed by atoms with Crippen LogP contribution >= 0.6 is 0 Å². The molecule has 1 aliphatic heterocycles. The number of benzene rings is 2. The first-order chi connectivity index (χ1) is 21.9. The first kappa shape index (κ1) is 34.0. The lowest BCUT2D eigenvalue weighted by atomic mass is 9.72. The second-order valence-electron chi connectivity index (χ2n) is 12.9. The molecule has 0 spiro atoms. The number of rotatable bonds is 6. The summed E-state index contributed by atoms with van der Waals surface area (Å²) in [5.41, 5.74) is 2.07. The van der Waals surface area contributed by atoms with Gasteiger partial charge in [0.15, 0.2) is 0 Å². The van der Waals surface area contributed by atoms with Crippen LogP contribution < -0.4 is 0 Å². The van der Waals surface area contributed by atoms with E-state index in [0.29, 0.717) is 36.2 Å². The largest absolute Gasteiger partial charge is 0.465 e. The lowest BCUT2D eigenvalue weighted by molar-refractivity contribution is -0.143. The van der Waals surface area contributed by atoms with E-state index in [2.05, 4.69) is 18.8 Å². The smallest absolute Gasteiger partial charge is 0.416 e. The molecular formula is C35H34F6N2O4. The number of hydrogen-bond acceptors (Lipinski definition) is 5. The Hall–Kier alpha value is -4.35. The van der Waals surface area contributed by atoms with Crippen molar-refractivity contribution in [1.82, 2.24) is 9.88 Å². The van der Waals surface area contributed by atoms with Gasteiger partial charge in [0.2, 0.25) is 0 Å². The molecule has 1 aromatic heterocycles. The molecule has 2 heterocycles. The van der Waals surface area contributed by atoms with Crippen LogP contribution in [0.3, 0.4) is 0 Å². The molecule has 6 nitrogen and oxygen atoms in total. The van der Waals surface area contributed by atoms with Crippen LogP contribution in [0.4, 0.5) is 31.1 Å². The van der Waals surface area contributed by atoms with Gasteiger partial charge >= 0.3 is 24.4 Å². The van der Waals surface area contributed by atoms with Gasteiger partial charge in [-0.3, -0.25) is 9.88 Å². The van der Waals surface area contributed by atoms with Gasteiger partial charge in [0.05, 0.1) is 35.5 Å². The van der Waals surface area contributed by atoms with Crippen molar-refractivity contribution in [3.8, 4) is 11.3 Å². The third-order valence-corrected chi connectivity index (χ3v) is 8.89. The summed E-state index contributed by atoms with van der Waals surface area (Å²) in [7, 11) is 1.31. The quantitative estimate of drug-likeness (QED) is 0.195. The highest BCUT2D eigenvalue weighted by molar-refractivity contribution is 5.90. The fourth-order valence-corrected chi connectivity index (χ4v) is 6.38. The zero-order valence-electron chi connectivity index (χ0n) is 26.5. The number of carbonyl (C=O) groups is 2. The standard InChI is InChI=1S/C35H34F6N2O4/c1-19-12-22(31(44)46-5)6-7-27(19)29-15-21(9-11-42-29)28-8-10-33(3,4)17-24(28)18-43-20(2)30(47-32(43)45)23-13-25(34(36,37)38)16-26(14-23)35(39,40)41/h6-7,9,11-16,20,30H,8,10,17-18H2,1-5H3/t20-,30-/m0/s1. The van der Waals surface area contributed by atoms with Gasteiger partial charge < -0.3 is 9.47 Å². The molecule has 1 fully saturated rings. The highest BCUT2D eigenvalue weighted by Crippen LogP contribution is 2.45. The van der Waals surface area contributed by atoms with E-state index in [9.17, 15) is 35.9 Å². The Labute approximate surface area is 268 Å². The molecule has 0 unspecified atom stereocenters. The Bertz CT molecular complexity index is 1710. The minimum Gasteiger partial charge on any atom is -0.465 e. The van der Waals surface area contributed by atoms with Crippen molar-refractivity contribution in [2.75, 3.05) is 13.7 Å². The second-order valence-corrected chi connectivity index (χ2v) is 12.9.